The highest BCUT2D eigenvalue weighted by Crippen LogP contribution is 2.16. The Bertz CT molecular complexity index is 523. The first-order valence-corrected chi connectivity index (χ1v) is 4.98. The molecule has 0 atom stereocenters. The van der Waals surface area contributed by atoms with Crippen molar-refractivity contribution in [3.8, 4) is 0 Å². The summed E-state index contributed by atoms with van der Waals surface area (Å²) in [6.45, 7) is 0.373. The summed E-state index contributed by atoms with van der Waals surface area (Å²) in [5, 5.41) is 8.04. The minimum atomic E-state index is -0.558. The van der Waals surface area contributed by atoms with E-state index in [1.807, 2.05) is 18.2 Å². The van der Waals surface area contributed by atoms with Gasteiger partial charge in [-0.1, -0.05) is 35.0 Å². The summed E-state index contributed by atoms with van der Waals surface area (Å²) in [5.74, 6) is -0.558. The molecule has 2 aromatic rings. The average Bonchev–Trinajstić information content (AvgIpc) is 2.69. The fourth-order valence-electron chi connectivity index (χ4n) is 1.35. The largest absolute Gasteiger partial charge is 0.364 e. The standard InChI is InChI=1S/C10H9ClN4O/c11-8-4-2-1-3-7(8)6-15-9(10(12)16)5-13-14-15/h1-5H,6H2,(H2,12,16). The normalized spacial score (nSPS) is 10.3. The van der Waals surface area contributed by atoms with E-state index in [0.29, 0.717) is 11.6 Å². The lowest BCUT2D eigenvalue weighted by atomic mass is 10.2. The third-order valence-corrected chi connectivity index (χ3v) is 2.52. The Morgan fingerprint density at radius 2 is 2.19 bits per heavy atom. The van der Waals surface area contributed by atoms with Crippen molar-refractivity contribution in [1.82, 2.24) is 15.0 Å². The molecule has 1 amide bonds. The lowest BCUT2D eigenvalue weighted by molar-refractivity contribution is 0.0990. The lowest BCUT2D eigenvalue weighted by Gasteiger charge is -2.05. The number of aromatic nitrogens is 3. The molecule has 0 saturated carbocycles. The van der Waals surface area contributed by atoms with Crippen LogP contribution in [0.1, 0.15) is 16.1 Å². The topological polar surface area (TPSA) is 73.8 Å². The fraction of sp³-hybridized carbons (Fsp3) is 0.100. The van der Waals surface area contributed by atoms with Crippen LogP contribution >= 0.6 is 11.6 Å². The minimum Gasteiger partial charge on any atom is -0.364 e. The number of benzene rings is 1. The van der Waals surface area contributed by atoms with Gasteiger partial charge in [-0.2, -0.15) is 0 Å². The van der Waals surface area contributed by atoms with Crippen LogP contribution in [-0.4, -0.2) is 20.9 Å². The van der Waals surface area contributed by atoms with Gasteiger partial charge in [0.25, 0.3) is 5.91 Å². The molecule has 0 saturated heterocycles. The SMILES string of the molecule is NC(=O)c1cnnn1Cc1ccccc1Cl. The van der Waals surface area contributed by atoms with Gasteiger partial charge in [-0.05, 0) is 11.6 Å². The Balaban J connectivity index is 2.31. The number of primary amides is 1. The first-order valence-electron chi connectivity index (χ1n) is 4.60. The Kier molecular flexibility index (Phi) is 2.87. The molecular formula is C10H9ClN4O. The quantitative estimate of drug-likeness (QED) is 0.867. The van der Waals surface area contributed by atoms with Gasteiger partial charge in [0.15, 0.2) is 0 Å². The molecule has 0 aliphatic rings. The predicted octanol–water partition coefficient (Wildman–Crippen LogP) is 1.08. The second kappa shape index (κ2) is 4.32. The summed E-state index contributed by atoms with van der Waals surface area (Å²) >= 11 is 6.00. The van der Waals surface area contributed by atoms with Crippen LogP contribution in [0.4, 0.5) is 0 Å². The molecule has 1 aromatic carbocycles. The van der Waals surface area contributed by atoms with Crippen LogP contribution < -0.4 is 5.73 Å². The maximum absolute atomic E-state index is 11.0. The smallest absolute Gasteiger partial charge is 0.268 e. The monoisotopic (exact) mass is 236 g/mol. The Labute approximate surface area is 96.8 Å². The summed E-state index contributed by atoms with van der Waals surface area (Å²) < 4.78 is 1.42. The van der Waals surface area contributed by atoms with Gasteiger partial charge in [0.1, 0.15) is 5.69 Å². The van der Waals surface area contributed by atoms with Gasteiger partial charge in [-0.3, -0.25) is 4.79 Å². The molecule has 6 heteroatoms. The number of carbonyl (C=O) groups is 1. The Morgan fingerprint density at radius 3 is 2.88 bits per heavy atom. The third-order valence-electron chi connectivity index (χ3n) is 2.15. The molecule has 0 spiro atoms. The zero-order chi connectivity index (χ0) is 11.5. The van der Waals surface area contributed by atoms with Crippen LogP contribution in [0.15, 0.2) is 30.5 Å². The van der Waals surface area contributed by atoms with Crippen LogP contribution in [0, 0.1) is 0 Å². The van der Waals surface area contributed by atoms with Crippen molar-refractivity contribution in [1.29, 1.82) is 0 Å². The van der Waals surface area contributed by atoms with Crippen LogP contribution in [0.2, 0.25) is 5.02 Å². The van der Waals surface area contributed by atoms with E-state index in [0.717, 1.165) is 5.56 Å². The summed E-state index contributed by atoms with van der Waals surface area (Å²) in [7, 11) is 0. The highest BCUT2D eigenvalue weighted by atomic mass is 35.5. The molecule has 0 aliphatic carbocycles. The van der Waals surface area contributed by atoms with Gasteiger partial charge in [-0.15, -0.1) is 5.10 Å². The molecular weight excluding hydrogens is 228 g/mol. The van der Waals surface area contributed by atoms with E-state index < -0.39 is 5.91 Å². The van der Waals surface area contributed by atoms with E-state index >= 15 is 0 Å². The lowest BCUT2D eigenvalue weighted by Crippen LogP contribution is -2.18. The zero-order valence-corrected chi connectivity index (χ0v) is 9.05. The van der Waals surface area contributed by atoms with Crippen molar-refractivity contribution in [3.05, 3.63) is 46.7 Å². The molecule has 1 heterocycles. The molecule has 0 radical (unpaired) electrons. The van der Waals surface area contributed by atoms with Crippen molar-refractivity contribution >= 4 is 17.5 Å². The van der Waals surface area contributed by atoms with Crippen LogP contribution in [0.3, 0.4) is 0 Å². The van der Waals surface area contributed by atoms with Gasteiger partial charge in [-0.25, -0.2) is 4.68 Å². The number of hydrogen-bond acceptors (Lipinski definition) is 3. The summed E-state index contributed by atoms with van der Waals surface area (Å²) in [6.07, 6.45) is 1.33. The second-order valence-corrected chi connectivity index (χ2v) is 3.64. The zero-order valence-electron chi connectivity index (χ0n) is 8.30. The Hall–Kier alpha value is -1.88. The van der Waals surface area contributed by atoms with E-state index in [1.165, 1.54) is 10.9 Å². The molecule has 0 bridgehead atoms. The summed E-state index contributed by atoms with van der Waals surface area (Å²) in [6, 6.07) is 7.33. The molecule has 82 valence electrons. The first-order chi connectivity index (χ1) is 7.68. The van der Waals surface area contributed by atoms with Gasteiger partial charge in [0, 0.05) is 5.02 Å². The van der Waals surface area contributed by atoms with Crippen LogP contribution in [0.5, 0.6) is 0 Å². The molecule has 2 N–H and O–H groups in total. The Morgan fingerprint density at radius 1 is 1.44 bits per heavy atom. The van der Waals surface area contributed by atoms with E-state index in [9.17, 15) is 4.79 Å². The maximum Gasteiger partial charge on any atom is 0.268 e. The number of nitrogens with zero attached hydrogens (tertiary/aromatic N) is 3. The maximum atomic E-state index is 11.0. The predicted molar refractivity (Wildman–Crippen MR) is 59.1 cm³/mol. The van der Waals surface area contributed by atoms with Crippen molar-refractivity contribution in [3.63, 3.8) is 0 Å². The molecule has 0 unspecified atom stereocenters. The molecule has 2 rings (SSSR count). The van der Waals surface area contributed by atoms with Gasteiger partial charge >= 0.3 is 0 Å². The summed E-state index contributed by atoms with van der Waals surface area (Å²) in [4.78, 5) is 11.0. The second-order valence-electron chi connectivity index (χ2n) is 3.23. The van der Waals surface area contributed by atoms with Crippen molar-refractivity contribution < 1.29 is 4.79 Å². The number of carbonyl (C=O) groups excluding carboxylic acids is 1. The average molecular weight is 237 g/mol. The van der Waals surface area contributed by atoms with Crippen LogP contribution in [-0.2, 0) is 6.54 Å². The van der Waals surface area contributed by atoms with Gasteiger partial charge in [0.05, 0.1) is 12.7 Å². The van der Waals surface area contributed by atoms with Gasteiger partial charge in [0.2, 0.25) is 0 Å². The van der Waals surface area contributed by atoms with Crippen molar-refractivity contribution in [2.24, 2.45) is 5.73 Å². The molecule has 0 fully saturated rings. The highest BCUT2D eigenvalue weighted by Gasteiger charge is 2.10. The number of hydrogen-bond donors (Lipinski definition) is 1. The van der Waals surface area contributed by atoms with E-state index in [4.69, 9.17) is 17.3 Å². The van der Waals surface area contributed by atoms with E-state index in [1.54, 1.807) is 6.07 Å². The summed E-state index contributed by atoms with van der Waals surface area (Å²) in [5.41, 5.74) is 6.30. The van der Waals surface area contributed by atoms with E-state index in [-0.39, 0.29) is 5.69 Å². The van der Waals surface area contributed by atoms with Crippen molar-refractivity contribution in [2.45, 2.75) is 6.54 Å². The first kappa shape index (κ1) is 10.6. The fourth-order valence-corrected chi connectivity index (χ4v) is 1.55. The number of rotatable bonds is 3. The van der Waals surface area contributed by atoms with Crippen LogP contribution in [0.25, 0.3) is 0 Å². The minimum absolute atomic E-state index is 0.264. The molecule has 16 heavy (non-hydrogen) atoms. The highest BCUT2D eigenvalue weighted by molar-refractivity contribution is 6.31. The number of nitrogens with two attached hydrogens (primary N) is 1. The number of amides is 1. The molecule has 0 aliphatic heterocycles. The number of halogens is 1. The molecule has 1 aromatic heterocycles. The third kappa shape index (κ3) is 2.04. The van der Waals surface area contributed by atoms with Gasteiger partial charge < -0.3 is 5.73 Å². The van der Waals surface area contributed by atoms with E-state index in [2.05, 4.69) is 10.3 Å². The molecule has 5 nitrogen and oxygen atoms in total. The van der Waals surface area contributed by atoms with Crippen molar-refractivity contribution in [2.75, 3.05) is 0 Å².